The van der Waals surface area contributed by atoms with Gasteiger partial charge in [-0.1, -0.05) is 32.4 Å². The number of halogens is 1. The van der Waals surface area contributed by atoms with Gasteiger partial charge in [-0.25, -0.2) is 9.50 Å². The highest BCUT2D eigenvalue weighted by molar-refractivity contribution is 6.30. The molecule has 14 heavy (non-hydrogen) atoms. The van der Waals surface area contributed by atoms with Gasteiger partial charge in [0.25, 0.3) is 0 Å². The van der Waals surface area contributed by atoms with Crippen LogP contribution < -0.4 is 0 Å². The summed E-state index contributed by atoms with van der Waals surface area (Å²) < 4.78 is 1.71. The van der Waals surface area contributed by atoms with Crippen molar-refractivity contribution in [3.05, 3.63) is 29.2 Å². The van der Waals surface area contributed by atoms with Crippen molar-refractivity contribution in [1.82, 2.24) is 14.6 Å². The molecule has 3 nitrogen and oxygen atoms in total. The molecule has 0 unspecified atom stereocenters. The van der Waals surface area contributed by atoms with E-state index in [9.17, 15) is 0 Å². The van der Waals surface area contributed by atoms with Crippen LogP contribution in [0.3, 0.4) is 0 Å². The fraction of sp³-hybridized carbons (Fsp3) is 0.400. The maximum absolute atomic E-state index is 5.82. The number of hydrogen-bond acceptors (Lipinski definition) is 2. The Labute approximate surface area is 87.7 Å². The third kappa shape index (κ3) is 1.60. The van der Waals surface area contributed by atoms with E-state index >= 15 is 0 Å². The van der Waals surface area contributed by atoms with Crippen molar-refractivity contribution < 1.29 is 0 Å². The monoisotopic (exact) mass is 209 g/mol. The van der Waals surface area contributed by atoms with Crippen LogP contribution in [-0.2, 0) is 5.41 Å². The first-order valence-corrected chi connectivity index (χ1v) is 4.86. The summed E-state index contributed by atoms with van der Waals surface area (Å²) in [5.41, 5.74) is 1.90. The van der Waals surface area contributed by atoms with E-state index in [1.165, 1.54) is 0 Å². The minimum absolute atomic E-state index is 0.0418. The second kappa shape index (κ2) is 2.95. The highest BCUT2D eigenvalue weighted by Crippen LogP contribution is 2.21. The molecular formula is C10H12ClN3. The molecule has 0 spiro atoms. The first-order chi connectivity index (χ1) is 6.47. The SMILES string of the molecule is CC(C)(C)c1cc2ncc(Cl)cn2n1. The molecule has 0 saturated heterocycles. The van der Waals surface area contributed by atoms with Crippen LogP contribution in [0.4, 0.5) is 0 Å². The standard InChI is InChI=1S/C10H12ClN3/c1-10(2,3)8-4-9-12-5-7(11)6-14(9)13-8/h4-6H,1-3H3. The molecule has 0 saturated carbocycles. The third-order valence-electron chi connectivity index (χ3n) is 2.05. The summed E-state index contributed by atoms with van der Waals surface area (Å²) in [6.45, 7) is 6.36. The zero-order valence-electron chi connectivity index (χ0n) is 8.45. The summed E-state index contributed by atoms with van der Waals surface area (Å²) in [6.07, 6.45) is 3.39. The Morgan fingerprint density at radius 3 is 2.71 bits per heavy atom. The minimum atomic E-state index is 0.0418. The van der Waals surface area contributed by atoms with Crippen LogP contribution >= 0.6 is 11.6 Å². The Morgan fingerprint density at radius 2 is 2.07 bits per heavy atom. The molecule has 2 aromatic rings. The molecule has 0 aromatic carbocycles. The average Bonchev–Trinajstić information content (AvgIpc) is 2.45. The number of aromatic nitrogens is 3. The van der Waals surface area contributed by atoms with Crippen molar-refractivity contribution >= 4 is 17.2 Å². The first-order valence-electron chi connectivity index (χ1n) is 4.48. The van der Waals surface area contributed by atoms with E-state index in [4.69, 9.17) is 11.6 Å². The molecule has 2 heterocycles. The molecule has 0 amide bonds. The highest BCUT2D eigenvalue weighted by Gasteiger charge is 2.17. The van der Waals surface area contributed by atoms with Crippen LogP contribution in [0.5, 0.6) is 0 Å². The van der Waals surface area contributed by atoms with Crippen molar-refractivity contribution in [2.45, 2.75) is 26.2 Å². The second-order valence-electron chi connectivity index (χ2n) is 4.35. The van der Waals surface area contributed by atoms with E-state index in [1.807, 2.05) is 6.07 Å². The van der Waals surface area contributed by atoms with Crippen LogP contribution in [0.2, 0.25) is 5.02 Å². The molecule has 2 aromatic heterocycles. The largest absolute Gasteiger partial charge is 0.235 e. The quantitative estimate of drug-likeness (QED) is 0.668. The number of rotatable bonds is 0. The van der Waals surface area contributed by atoms with Gasteiger partial charge in [0.15, 0.2) is 5.65 Å². The van der Waals surface area contributed by atoms with E-state index in [0.29, 0.717) is 5.02 Å². The summed E-state index contributed by atoms with van der Waals surface area (Å²) >= 11 is 5.82. The molecule has 2 rings (SSSR count). The van der Waals surface area contributed by atoms with E-state index in [0.717, 1.165) is 11.3 Å². The zero-order valence-corrected chi connectivity index (χ0v) is 9.21. The van der Waals surface area contributed by atoms with Gasteiger partial charge in [-0.05, 0) is 0 Å². The van der Waals surface area contributed by atoms with E-state index < -0.39 is 0 Å². The predicted octanol–water partition coefficient (Wildman–Crippen LogP) is 2.68. The van der Waals surface area contributed by atoms with Crippen molar-refractivity contribution in [3.8, 4) is 0 Å². The molecule has 0 atom stereocenters. The molecular weight excluding hydrogens is 198 g/mol. The molecule has 0 bridgehead atoms. The number of nitrogens with zero attached hydrogens (tertiary/aromatic N) is 3. The van der Waals surface area contributed by atoms with Crippen LogP contribution in [0, 0.1) is 0 Å². The summed E-state index contributed by atoms with van der Waals surface area (Å²) in [6, 6.07) is 1.98. The van der Waals surface area contributed by atoms with Crippen LogP contribution in [0.25, 0.3) is 5.65 Å². The minimum Gasteiger partial charge on any atom is -0.235 e. The molecule has 0 aliphatic rings. The number of fused-ring (bicyclic) bond motifs is 1. The first kappa shape index (κ1) is 9.46. The second-order valence-corrected chi connectivity index (χ2v) is 4.79. The van der Waals surface area contributed by atoms with Gasteiger partial charge in [0, 0.05) is 17.7 Å². The summed E-state index contributed by atoms with van der Waals surface area (Å²) in [4.78, 5) is 4.18. The lowest BCUT2D eigenvalue weighted by Crippen LogP contribution is -2.11. The summed E-state index contributed by atoms with van der Waals surface area (Å²) in [7, 11) is 0. The Morgan fingerprint density at radius 1 is 1.36 bits per heavy atom. The molecule has 0 aliphatic heterocycles. The van der Waals surface area contributed by atoms with Gasteiger partial charge >= 0.3 is 0 Å². The van der Waals surface area contributed by atoms with Crippen LogP contribution in [0.1, 0.15) is 26.5 Å². The lowest BCUT2D eigenvalue weighted by atomic mass is 9.93. The van der Waals surface area contributed by atoms with Gasteiger partial charge in [0.05, 0.1) is 16.9 Å². The highest BCUT2D eigenvalue weighted by atomic mass is 35.5. The van der Waals surface area contributed by atoms with Gasteiger partial charge < -0.3 is 0 Å². The molecule has 74 valence electrons. The van der Waals surface area contributed by atoms with E-state index in [-0.39, 0.29) is 5.41 Å². The van der Waals surface area contributed by atoms with Crippen LogP contribution in [-0.4, -0.2) is 14.6 Å². The smallest absolute Gasteiger partial charge is 0.155 e. The Kier molecular flexibility index (Phi) is 2.00. The number of hydrogen-bond donors (Lipinski definition) is 0. The normalized spacial score (nSPS) is 12.3. The summed E-state index contributed by atoms with van der Waals surface area (Å²) in [5.74, 6) is 0. The van der Waals surface area contributed by atoms with Gasteiger partial charge in [0.2, 0.25) is 0 Å². The molecule has 0 fully saturated rings. The maximum Gasteiger partial charge on any atom is 0.155 e. The van der Waals surface area contributed by atoms with Gasteiger partial charge in [-0.2, -0.15) is 5.10 Å². The van der Waals surface area contributed by atoms with Crippen molar-refractivity contribution in [3.63, 3.8) is 0 Å². The Bertz CT molecular complexity index is 468. The summed E-state index contributed by atoms with van der Waals surface area (Å²) in [5, 5.41) is 5.01. The Hall–Kier alpha value is -1.09. The lowest BCUT2D eigenvalue weighted by molar-refractivity contribution is 0.562. The predicted molar refractivity (Wildman–Crippen MR) is 56.7 cm³/mol. The average molecular weight is 210 g/mol. The molecule has 0 radical (unpaired) electrons. The fourth-order valence-electron chi connectivity index (χ4n) is 1.22. The van der Waals surface area contributed by atoms with Crippen molar-refractivity contribution in [2.24, 2.45) is 0 Å². The molecule has 0 N–H and O–H groups in total. The van der Waals surface area contributed by atoms with Crippen molar-refractivity contribution in [2.75, 3.05) is 0 Å². The zero-order chi connectivity index (χ0) is 10.3. The molecule has 4 heteroatoms. The molecule has 0 aliphatic carbocycles. The fourth-order valence-corrected chi connectivity index (χ4v) is 1.36. The topological polar surface area (TPSA) is 30.2 Å². The maximum atomic E-state index is 5.82. The van der Waals surface area contributed by atoms with Gasteiger partial charge in [-0.15, -0.1) is 0 Å². The van der Waals surface area contributed by atoms with E-state index in [2.05, 4.69) is 30.9 Å². The van der Waals surface area contributed by atoms with Gasteiger partial charge in [-0.3, -0.25) is 0 Å². The van der Waals surface area contributed by atoms with Crippen molar-refractivity contribution in [1.29, 1.82) is 0 Å². The van der Waals surface area contributed by atoms with Crippen LogP contribution in [0.15, 0.2) is 18.5 Å². The van der Waals surface area contributed by atoms with Gasteiger partial charge in [0.1, 0.15) is 0 Å². The Balaban J connectivity index is 2.63. The van der Waals surface area contributed by atoms with E-state index in [1.54, 1.807) is 16.9 Å². The lowest BCUT2D eigenvalue weighted by Gasteiger charge is -2.13. The third-order valence-corrected chi connectivity index (χ3v) is 2.25.